The Bertz CT molecular complexity index is 358. The zero-order valence-electron chi connectivity index (χ0n) is 9.95. The van der Waals surface area contributed by atoms with Gasteiger partial charge in [0.25, 0.3) is 0 Å². The standard InChI is InChI=1S/C14H20N2/c1-16(13-7-3-2-4-8-13)14-9-5-6-12(10-14)11-15-14/h2-4,7-8,12,15H,5-6,9-11H2,1H3. The summed E-state index contributed by atoms with van der Waals surface area (Å²) in [6, 6.07) is 10.7. The van der Waals surface area contributed by atoms with Crippen LogP contribution < -0.4 is 10.2 Å². The molecule has 1 aliphatic heterocycles. The Labute approximate surface area is 97.6 Å². The summed E-state index contributed by atoms with van der Waals surface area (Å²) in [5, 5.41) is 3.76. The van der Waals surface area contributed by atoms with Gasteiger partial charge in [-0.3, -0.25) is 5.32 Å². The number of hydrogen-bond donors (Lipinski definition) is 1. The van der Waals surface area contributed by atoms with E-state index in [9.17, 15) is 0 Å². The minimum absolute atomic E-state index is 0.240. The number of hydrogen-bond acceptors (Lipinski definition) is 2. The van der Waals surface area contributed by atoms with Crippen LogP contribution in [0.5, 0.6) is 0 Å². The number of rotatable bonds is 2. The van der Waals surface area contributed by atoms with Crippen molar-refractivity contribution in [3.05, 3.63) is 30.3 Å². The normalized spacial score (nSPS) is 32.7. The fraction of sp³-hybridized carbons (Fsp3) is 0.571. The minimum Gasteiger partial charge on any atom is -0.356 e. The summed E-state index contributed by atoms with van der Waals surface area (Å²) >= 11 is 0. The maximum atomic E-state index is 3.76. The van der Waals surface area contributed by atoms with Crippen LogP contribution in [0.2, 0.25) is 0 Å². The molecule has 2 unspecified atom stereocenters. The van der Waals surface area contributed by atoms with Crippen LogP contribution in [0.4, 0.5) is 5.69 Å². The van der Waals surface area contributed by atoms with Crippen molar-refractivity contribution < 1.29 is 0 Å². The zero-order valence-corrected chi connectivity index (χ0v) is 9.95. The molecule has 16 heavy (non-hydrogen) atoms. The van der Waals surface area contributed by atoms with Crippen molar-refractivity contribution in [2.24, 2.45) is 5.92 Å². The number of para-hydroxylation sites is 1. The molecule has 0 aromatic heterocycles. The van der Waals surface area contributed by atoms with E-state index in [4.69, 9.17) is 0 Å². The highest BCUT2D eigenvalue weighted by atomic mass is 15.3. The van der Waals surface area contributed by atoms with Gasteiger partial charge in [0.1, 0.15) is 0 Å². The maximum Gasteiger partial charge on any atom is 0.0908 e. The van der Waals surface area contributed by atoms with E-state index in [1.54, 1.807) is 0 Å². The van der Waals surface area contributed by atoms with Crippen LogP contribution in [0.25, 0.3) is 0 Å². The van der Waals surface area contributed by atoms with Gasteiger partial charge in [0, 0.05) is 19.3 Å². The van der Waals surface area contributed by atoms with Crippen molar-refractivity contribution in [3.8, 4) is 0 Å². The predicted molar refractivity (Wildman–Crippen MR) is 67.5 cm³/mol. The van der Waals surface area contributed by atoms with E-state index >= 15 is 0 Å². The van der Waals surface area contributed by atoms with Gasteiger partial charge in [0.05, 0.1) is 5.66 Å². The second-order valence-electron chi connectivity index (χ2n) is 5.27. The van der Waals surface area contributed by atoms with Crippen molar-refractivity contribution in [1.82, 2.24) is 5.32 Å². The molecule has 1 saturated carbocycles. The van der Waals surface area contributed by atoms with Gasteiger partial charge in [0.2, 0.25) is 0 Å². The van der Waals surface area contributed by atoms with Crippen LogP contribution in [0.1, 0.15) is 25.7 Å². The second-order valence-corrected chi connectivity index (χ2v) is 5.27. The van der Waals surface area contributed by atoms with Gasteiger partial charge < -0.3 is 4.90 Å². The quantitative estimate of drug-likeness (QED) is 0.817. The lowest BCUT2D eigenvalue weighted by molar-refractivity contribution is 0.280. The number of nitrogens with one attached hydrogen (secondary N) is 1. The monoisotopic (exact) mass is 216 g/mol. The average molecular weight is 216 g/mol. The van der Waals surface area contributed by atoms with Gasteiger partial charge in [-0.15, -0.1) is 0 Å². The van der Waals surface area contributed by atoms with E-state index in [0.29, 0.717) is 0 Å². The van der Waals surface area contributed by atoms with E-state index in [2.05, 4.69) is 47.6 Å². The van der Waals surface area contributed by atoms with Crippen LogP contribution in [-0.4, -0.2) is 19.3 Å². The molecule has 2 heteroatoms. The summed E-state index contributed by atoms with van der Waals surface area (Å²) in [6.45, 7) is 1.21. The largest absolute Gasteiger partial charge is 0.356 e. The van der Waals surface area contributed by atoms with Crippen molar-refractivity contribution in [2.45, 2.75) is 31.3 Å². The molecule has 2 atom stereocenters. The average Bonchev–Trinajstić information content (AvgIpc) is 2.66. The van der Waals surface area contributed by atoms with Crippen molar-refractivity contribution >= 4 is 5.69 Å². The second kappa shape index (κ2) is 3.77. The Kier molecular flexibility index (Phi) is 2.40. The number of nitrogens with zero attached hydrogens (tertiary/aromatic N) is 1. The van der Waals surface area contributed by atoms with Crippen molar-refractivity contribution in [3.63, 3.8) is 0 Å². The number of fused-ring (bicyclic) bond motifs is 2. The summed E-state index contributed by atoms with van der Waals surface area (Å²) < 4.78 is 0. The molecular weight excluding hydrogens is 196 g/mol. The fourth-order valence-electron chi connectivity index (χ4n) is 3.36. The van der Waals surface area contributed by atoms with Gasteiger partial charge in [-0.05, 0) is 43.7 Å². The maximum absolute atomic E-state index is 3.76. The molecule has 2 bridgehead atoms. The van der Waals surface area contributed by atoms with E-state index in [0.717, 1.165) is 5.92 Å². The van der Waals surface area contributed by atoms with E-state index in [1.165, 1.54) is 37.9 Å². The van der Waals surface area contributed by atoms with Crippen LogP contribution >= 0.6 is 0 Å². The van der Waals surface area contributed by atoms with E-state index < -0.39 is 0 Å². The van der Waals surface area contributed by atoms with Crippen molar-refractivity contribution in [2.75, 3.05) is 18.5 Å². The van der Waals surface area contributed by atoms with Gasteiger partial charge >= 0.3 is 0 Å². The van der Waals surface area contributed by atoms with E-state index in [-0.39, 0.29) is 5.66 Å². The molecule has 1 saturated heterocycles. The minimum atomic E-state index is 0.240. The molecule has 0 spiro atoms. The zero-order chi connectivity index (χ0) is 11.0. The van der Waals surface area contributed by atoms with E-state index in [1.807, 2.05) is 0 Å². The molecule has 2 aliphatic rings. The molecule has 0 radical (unpaired) electrons. The molecule has 86 valence electrons. The molecule has 0 amide bonds. The third-order valence-corrected chi connectivity index (χ3v) is 4.33. The topological polar surface area (TPSA) is 15.3 Å². The third kappa shape index (κ3) is 1.52. The van der Waals surface area contributed by atoms with Gasteiger partial charge in [0.15, 0.2) is 0 Å². The van der Waals surface area contributed by atoms with Gasteiger partial charge in [-0.1, -0.05) is 18.2 Å². The first kappa shape index (κ1) is 10.2. The summed E-state index contributed by atoms with van der Waals surface area (Å²) in [5.41, 5.74) is 1.57. The highest BCUT2D eigenvalue weighted by Crippen LogP contribution is 2.40. The predicted octanol–water partition coefficient (Wildman–Crippen LogP) is 2.61. The molecule has 1 N–H and O–H groups in total. The van der Waals surface area contributed by atoms with Crippen LogP contribution in [0.3, 0.4) is 0 Å². The van der Waals surface area contributed by atoms with Crippen molar-refractivity contribution in [1.29, 1.82) is 0 Å². The Morgan fingerprint density at radius 3 is 2.94 bits per heavy atom. The molecule has 2 fully saturated rings. The summed E-state index contributed by atoms with van der Waals surface area (Å²) in [7, 11) is 2.23. The first-order valence-electron chi connectivity index (χ1n) is 6.34. The van der Waals surface area contributed by atoms with Gasteiger partial charge in [-0.25, -0.2) is 0 Å². The Morgan fingerprint density at radius 2 is 2.12 bits per heavy atom. The molecule has 1 aliphatic carbocycles. The SMILES string of the molecule is CN(c1ccccc1)C12CCCC(CN1)C2. The Hall–Kier alpha value is -1.02. The summed E-state index contributed by atoms with van der Waals surface area (Å²) in [6.07, 6.45) is 5.39. The van der Waals surface area contributed by atoms with Crippen LogP contribution in [0, 0.1) is 5.92 Å². The fourth-order valence-corrected chi connectivity index (χ4v) is 3.36. The molecule has 1 aromatic carbocycles. The number of benzene rings is 1. The molecule has 1 aromatic rings. The molecule has 2 nitrogen and oxygen atoms in total. The summed E-state index contributed by atoms with van der Waals surface area (Å²) in [5.74, 6) is 0.903. The van der Waals surface area contributed by atoms with Crippen LogP contribution in [0.15, 0.2) is 30.3 Å². The Balaban J connectivity index is 1.87. The number of anilines is 1. The smallest absolute Gasteiger partial charge is 0.0908 e. The Morgan fingerprint density at radius 1 is 1.31 bits per heavy atom. The van der Waals surface area contributed by atoms with Crippen LogP contribution in [-0.2, 0) is 0 Å². The van der Waals surface area contributed by atoms with Gasteiger partial charge in [-0.2, -0.15) is 0 Å². The molecule has 3 rings (SSSR count). The first-order chi connectivity index (χ1) is 7.80. The lowest BCUT2D eigenvalue weighted by Crippen LogP contribution is -2.54. The summed E-state index contributed by atoms with van der Waals surface area (Å²) in [4.78, 5) is 2.45. The highest BCUT2D eigenvalue weighted by molar-refractivity contribution is 5.48. The lowest BCUT2D eigenvalue weighted by Gasteiger charge is -2.42. The highest BCUT2D eigenvalue weighted by Gasteiger charge is 2.44. The first-order valence-corrected chi connectivity index (χ1v) is 6.34. The molecule has 1 heterocycles. The third-order valence-electron chi connectivity index (χ3n) is 4.33. The molecular formula is C14H20N2. The lowest BCUT2D eigenvalue weighted by atomic mass is 9.85.